The van der Waals surface area contributed by atoms with E-state index in [9.17, 15) is 4.79 Å². The fourth-order valence-electron chi connectivity index (χ4n) is 2.11. The fraction of sp³-hybridized carbons (Fsp3) is 0.278. The molecule has 0 fully saturated rings. The van der Waals surface area contributed by atoms with Crippen LogP contribution in [0.15, 0.2) is 48.5 Å². The van der Waals surface area contributed by atoms with Crippen LogP contribution < -0.4 is 15.8 Å². The Morgan fingerprint density at radius 3 is 2.54 bits per heavy atom. The van der Waals surface area contributed by atoms with E-state index in [0.717, 1.165) is 5.56 Å². The molecule has 6 heteroatoms. The Hall–Kier alpha value is -2.08. The van der Waals surface area contributed by atoms with Crippen molar-refractivity contribution in [1.82, 2.24) is 0 Å². The normalized spacial score (nSPS) is 13.2. The van der Waals surface area contributed by atoms with Gasteiger partial charge in [-0.15, -0.1) is 0 Å². The van der Waals surface area contributed by atoms with Crippen molar-refractivity contribution in [3.8, 4) is 5.75 Å². The van der Waals surface area contributed by atoms with Crippen molar-refractivity contribution >= 4 is 23.2 Å². The van der Waals surface area contributed by atoms with E-state index in [0.29, 0.717) is 29.7 Å². The van der Waals surface area contributed by atoms with Gasteiger partial charge in [0.25, 0.3) is 0 Å². The summed E-state index contributed by atoms with van der Waals surface area (Å²) in [4.78, 5) is 12.5. The van der Waals surface area contributed by atoms with Crippen molar-refractivity contribution < 1.29 is 14.3 Å². The lowest BCUT2D eigenvalue weighted by atomic mass is 9.92. The molecule has 2 rings (SSSR count). The number of carbonyl (C=O) groups excluding carboxylic acids is 1. The van der Waals surface area contributed by atoms with Crippen LogP contribution in [0.5, 0.6) is 5.75 Å². The van der Waals surface area contributed by atoms with E-state index in [4.69, 9.17) is 26.8 Å². The number of nitrogens with one attached hydrogen (secondary N) is 1. The molecule has 1 unspecified atom stereocenters. The average Bonchev–Trinajstić information content (AvgIpc) is 2.57. The topological polar surface area (TPSA) is 73.6 Å². The van der Waals surface area contributed by atoms with Crippen LogP contribution in [0, 0.1) is 0 Å². The fourth-order valence-corrected chi connectivity index (χ4v) is 2.34. The van der Waals surface area contributed by atoms with Crippen LogP contribution in [0.3, 0.4) is 0 Å². The quantitative estimate of drug-likeness (QED) is 0.754. The highest BCUT2D eigenvalue weighted by atomic mass is 35.5. The Morgan fingerprint density at radius 2 is 1.92 bits per heavy atom. The first-order valence-corrected chi connectivity index (χ1v) is 7.90. The van der Waals surface area contributed by atoms with Crippen LogP contribution in [-0.4, -0.2) is 26.2 Å². The number of ether oxygens (including phenoxy) is 2. The van der Waals surface area contributed by atoms with Crippen molar-refractivity contribution in [1.29, 1.82) is 0 Å². The molecule has 0 radical (unpaired) electrons. The number of hydrogen-bond acceptors (Lipinski definition) is 4. The van der Waals surface area contributed by atoms with Crippen molar-refractivity contribution in [3.05, 3.63) is 59.1 Å². The van der Waals surface area contributed by atoms with Crippen molar-refractivity contribution in [2.24, 2.45) is 5.73 Å². The van der Waals surface area contributed by atoms with Crippen molar-refractivity contribution in [2.45, 2.75) is 12.5 Å². The molecule has 1 amide bonds. The van der Waals surface area contributed by atoms with Crippen molar-refractivity contribution in [2.75, 3.05) is 25.6 Å². The van der Waals surface area contributed by atoms with E-state index in [1.165, 1.54) is 0 Å². The minimum Gasteiger partial charge on any atom is -0.490 e. The van der Waals surface area contributed by atoms with Crippen LogP contribution in [0.2, 0.25) is 5.02 Å². The molecule has 0 saturated carbocycles. The Bertz CT molecular complexity index is 690. The summed E-state index contributed by atoms with van der Waals surface area (Å²) in [5.74, 6) is 0.211. The molecule has 2 aromatic rings. The number of methoxy groups -OCH3 is 1. The van der Waals surface area contributed by atoms with Gasteiger partial charge in [-0.25, -0.2) is 0 Å². The zero-order valence-corrected chi connectivity index (χ0v) is 14.5. The van der Waals surface area contributed by atoms with Gasteiger partial charge in [0, 0.05) is 12.8 Å². The molecule has 0 spiro atoms. The number of carbonyl (C=O) groups is 1. The van der Waals surface area contributed by atoms with Crippen LogP contribution in [0.25, 0.3) is 0 Å². The number of rotatable bonds is 7. The van der Waals surface area contributed by atoms with Crippen LogP contribution in [-0.2, 0) is 15.1 Å². The lowest BCUT2D eigenvalue weighted by Gasteiger charge is -2.24. The minimum absolute atomic E-state index is 0.321. The summed E-state index contributed by atoms with van der Waals surface area (Å²) in [5.41, 5.74) is 6.33. The summed E-state index contributed by atoms with van der Waals surface area (Å²) >= 11 is 6.17. The van der Waals surface area contributed by atoms with Crippen molar-refractivity contribution in [3.63, 3.8) is 0 Å². The molecule has 0 aliphatic carbocycles. The largest absolute Gasteiger partial charge is 0.490 e. The molecule has 0 aliphatic heterocycles. The zero-order chi connectivity index (χ0) is 17.6. The third-order valence-electron chi connectivity index (χ3n) is 3.58. The summed E-state index contributed by atoms with van der Waals surface area (Å²) < 4.78 is 10.4. The Morgan fingerprint density at radius 1 is 1.21 bits per heavy atom. The maximum atomic E-state index is 12.5. The first-order chi connectivity index (χ1) is 11.4. The predicted octanol–water partition coefficient (Wildman–Crippen LogP) is 3.18. The Kier molecular flexibility index (Phi) is 6.20. The van der Waals surface area contributed by atoms with E-state index < -0.39 is 5.54 Å². The third-order valence-corrected chi connectivity index (χ3v) is 3.88. The van der Waals surface area contributed by atoms with E-state index in [1.807, 2.05) is 30.3 Å². The van der Waals surface area contributed by atoms with Gasteiger partial charge < -0.3 is 20.5 Å². The van der Waals surface area contributed by atoms with Gasteiger partial charge in [-0.2, -0.15) is 0 Å². The van der Waals surface area contributed by atoms with Gasteiger partial charge in [-0.05, 0) is 30.7 Å². The number of anilines is 1. The first kappa shape index (κ1) is 18.3. The molecule has 128 valence electrons. The number of halogens is 1. The van der Waals surface area contributed by atoms with E-state index in [-0.39, 0.29) is 5.91 Å². The Labute approximate surface area is 146 Å². The lowest BCUT2D eigenvalue weighted by molar-refractivity contribution is -0.120. The molecule has 0 saturated heterocycles. The number of amides is 1. The first-order valence-electron chi connectivity index (χ1n) is 7.52. The number of benzene rings is 2. The second-order valence-corrected chi connectivity index (χ2v) is 5.92. The zero-order valence-electron chi connectivity index (χ0n) is 13.7. The highest BCUT2D eigenvalue weighted by molar-refractivity contribution is 6.32. The van der Waals surface area contributed by atoms with Gasteiger partial charge in [0.05, 0.1) is 11.6 Å². The summed E-state index contributed by atoms with van der Waals surface area (Å²) in [6.45, 7) is 2.54. The molecular formula is C18H21ClN2O3. The lowest BCUT2D eigenvalue weighted by Crippen LogP contribution is -2.45. The monoisotopic (exact) mass is 348 g/mol. The van der Waals surface area contributed by atoms with Gasteiger partial charge in [-0.3, -0.25) is 4.79 Å². The molecule has 0 bridgehead atoms. The van der Waals surface area contributed by atoms with E-state index in [2.05, 4.69) is 5.32 Å². The van der Waals surface area contributed by atoms with Gasteiger partial charge >= 0.3 is 0 Å². The molecule has 0 aromatic heterocycles. The summed E-state index contributed by atoms with van der Waals surface area (Å²) in [6.07, 6.45) is 0. The molecular weight excluding hydrogens is 328 g/mol. The number of nitrogens with two attached hydrogens (primary N) is 1. The van der Waals surface area contributed by atoms with E-state index in [1.54, 1.807) is 32.2 Å². The van der Waals surface area contributed by atoms with E-state index >= 15 is 0 Å². The molecule has 2 aromatic carbocycles. The minimum atomic E-state index is -1.15. The number of hydrogen-bond donors (Lipinski definition) is 2. The molecule has 5 nitrogen and oxygen atoms in total. The summed E-state index contributed by atoms with van der Waals surface area (Å²) in [6, 6.07) is 14.2. The molecule has 24 heavy (non-hydrogen) atoms. The maximum absolute atomic E-state index is 12.5. The van der Waals surface area contributed by atoms with Gasteiger partial charge in [0.1, 0.15) is 17.9 Å². The van der Waals surface area contributed by atoms with Gasteiger partial charge in [-0.1, -0.05) is 41.9 Å². The summed E-state index contributed by atoms with van der Waals surface area (Å²) in [7, 11) is 1.60. The van der Waals surface area contributed by atoms with Crippen LogP contribution in [0.4, 0.5) is 5.69 Å². The van der Waals surface area contributed by atoms with Crippen LogP contribution in [0.1, 0.15) is 12.5 Å². The van der Waals surface area contributed by atoms with Gasteiger partial charge in [0.15, 0.2) is 0 Å². The Balaban J connectivity index is 2.07. The molecule has 1 atom stereocenters. The second kappa shape index (κ2) is 8.15. The molecule has 0 heterocycles. The second-order valence-electron chi connectivity index (χ2n) is 5.51. The van der Waals surface area contributed by atoms with Crippen LogP contribution >= 0.6 is 11.6 Å². The standard InChI is InChI=1S/C18H21ClN2O3/c1-18(20,13-6-4-3-5-7-13)17(22)21-14-8-9-16(15(19)12-14)24-11-10-23-2/h3-9,12H,10-11,20H2,1-2H3,(H,21,22). The third kappa shape index (κ3) is 4.47. The van der Waals surface area contributed by atoms with Gasteiger partial charge in [0.2, 0.25) is 5.91 Å². The average molecular weight is 349 g/mol. The smallest absolute Gasteiger partial charge is 0.248 e. The molecule has 0 aliphatic rings. The SMILES string of the molecule is COCCOc1ccc(NC(=O)C(C)(N)c2ccccc2)cc1Cl. The highest BCUT2D eigenvalue weighted by Crippen LogP contribution is 2.28. The molecule has 3 N–H and O–H groups in total. The highest BCUT2D eigenvalue weighted by Gasteiger charge is 2.30. The summed E-state index contributed by atoms with van der Waals surface area (Å²) in [5, 5.41) is 3.19. The maximum Gasteiger partial charge on any atom is 0.248 e. The predicted molar refractivity (Wildman–Crippen MR) is 95.4 cm³/mol.